The average Bonchev–Trinajstić information content (AvgIpc) is 2.23. The number of piperidine rings is 1. The van der Waals surface area contributed by atoms with Gasteiger partial charge in [-0.1, -0.05) is 25.4 Å². The zero-order valence-corrected chi connectivity index (χ0v) is 11.6. The molecular weight excluding hydrogens is 232 g/mol. The molecule has 2 nitrogen and oxygen atoms in total. The molecule has 1 unspecified atom stereocenters. The summed E-state index contributed by atoms with van der Waals surface area (Å²) in [7, 11) is 0. The van der Waals surface area contributed by atoms with Gasteiger partial charge in [0, 0.05) is 29.8 Å². The van der Waals surface area contributed by atoms with Crippen LogP contribution in [0.5, 0.6) is 0 Å². The molecule has 94 valence electrons. The van der Waals surface area contributed by atoms with Gasteiger partial charge >= 0.3 is 0 Å². The highest BCUT2D eigenvalue weighted by molar-refractivity contribution is 6.30. The number of nitrogens with two attached hydrogens (primary N) is 1. The number of halogens is 1. The summed E-state index contributed by atoms with van der Waals surface area (Å²) in [5.74, 6) is 0. The Hall–Kier alpha value is -0.730. The molecule has 0 aliphatic carbocycles. The predicted octanol–water partition coefficient (Wildman–Crippen LogP) is 3.21. The number of benzene rings is 1. The van der Waals surface area contributed by atoms with Crippen molar-refractivity contribution >= 4 is 17.3 Å². The molecule has 0 amide bonds. The molecule has 3 heteroatoms. The number of aryl methyl sites for hydroxylation is 1. The van der Waals surface area contributed by atoms with Crippen LogP contribution in [0.3, 0.4) is 0 Å². The van der Waals surface area contributed by atoms with E-state index in [1.54, 1.807) is 0 Å². The van der Waals surface area contributed by atoms with Crippen molar-refractivity contribution in [3.05, 3.63) is 28.8 Å². The second-order valence-corrected chi connectivity index (χ2v) is 6.16. The van der Waals surface area contributed by atoms with Gasteiger partial charge in [-0.2, -0.15) is 0 Å². The summed E-state index contributed by atoms with van der Waals surface area (Å²) in [4.78, 5) is 2.38. The molecule has 0 bridgehead atoms. The SMILES string of the molecule is Cc1cc(Cl)ccc1N1CCC(C)(C)C(N)C1. The van der Waals surface area contributed by atoms with E-state index in [9.17, 15) is 0 Å². The van der Waals surface area contributed by atoms with Gasteiger partial charge in [0.2, 0.25) is 0 Å². The third-order valence-electron chi connectivity index (χ3n) is 3.95. The van der Waals surface area contributed by atoms with Crippen molar-refractivity contribution in [3.63, 3.8) is 0 Å². The summed E-state index contributed by atoms with van der Waals surface area (Å²) in [6.45, 7) is 8.61. The minimum Gasteiger partial charge on any atom is -0.370 e. The van der Waals surface area contributed by atoms with Crippen LogP contribution in [-0.2, 0) is 0 Å². The van der Waals surface area contributed by atoms with Crippen LogP contribution in [0.25, 0.3) is 0 Å². The lowest BCUT2D eigenvalue weighted by Gasteiger charge is -2.43. The van der Waals surface area contributed by atoms with Gasteiger partial charge in [0.05, 0.1) is 0 Å². The molecule has 1 atom stereocenters. The zero-order valence-electron chi connectivity index (χ0n) is 10.8. The minimum atomic E-state index is 0.228. The molecule has 0 aromatic heterocycles. The number of hydrogen-bond donors (Lipinski definition) is 1. The van der Waals surface area contributed by atoms with Crippen LogP contribution >= 0.6 is 11.6 Å². The van der Waals surface area contributed by atoms with Crippen molar-refractivity contribution in [3.8, 4) is 0 Å². The molecule has 0 radical (unpaired) electrons. The van der Waals surface area contributed by atoms with E-state index in [4.69, 9.17) is 17.3 Å². The summed E-state index contributed by atoms with van der Waals surface area (Å²) < 4.78 is 0. The van der Waals surface area contributed by atoms with Gasteiger partial charge in [-0.25, -0.2) is 0 Å². The Balaban J connectivity index is 2.19. The molecule has 1 aromatic rings. The second-order valence-electron chi connectivity index (χ2n) is 5.72. The number of hydrogen-bond acceptors (Lipinski definition) is 2. The lowest BCUT2D eigenvalue weighted by Crippen LogP contribution is -2.53. The second kappa shape index (κ2) is 4.51. The van der Waals surface area contributed by atoms with Crippen molar-refractivity contribution < 1.29 is 0 Å². The van der Waals surface area contributed by atoms with Crippen LogP contribution in [0.15, 0.2) is 18.2 Å². The van der Waals surface area contributed by atoms with E-state index < -0.39 is 0 Å². The third-order valence-corrected chi connectivity index (χ3v) is 4.18. The van der Waals surface area contributed by atoms with Crippen LogP contribution < -0.4 is 10.6 Å². The Morgan fingerprint density at radius 2 is 2.12 bits per heavy atom. The van der Waals surface area contributed by atoms with Crippen LogP contribution in [0.4, 0.5) is 5.69 Å². The fraction of sp³-hybridized carbons (Fsp3) is 0.571. The van der Waals surface area contributed by atoms with E-state index in [1.807, 2.05) is 12.1 Å². The van der Waals surface area contributed by atoms with Gasteiger partial charge in [-0.3, -0.25) is 0 Å². The van der Waals surface area contributed by atoms with Gasteiger partial charge in [0.15, 0.2) is 0 Å². The first-order valence-electron chi connectivity index (χ1n) is 6.17. The summed E-state index contributed by atoms with van der Waals surface area (Å²) >= 11 is 5.99. The van der Waals surface area contributed by atoms with E-state index in [-0.39, 0.29) is 11.5 Å². The summed E-state index contributed by atoms with van der Waals surface area (Å²) in [6, 6.07) is 6.30. The van der Waals surface area contributed by atoms with Crippen molar-refractivity contribution in [2.24, 2.45) is 11.1 Å². The molecule has 2 N–H and O–H groups in total. The quantitative estimate of drug-likeness (QED) is 0.832. The van der Waals surface area contributed by atoms with E-state index >= 15 is 0 Å². The molecular formula is C14H21ClN2. The highest BCUT2D eigenvalue weighted by Gasteiger charge is 2.33. The van der Waals surface area contributed by atoms with E-state index in [0.29, 0.717) is 0 Å². The number of anilines is 1. The van der Waals surface area contributed by atoms with Crippen LogP contribution in [0, 0.1) is 12.3 Å². The molecule has 17 heavy (non-hydrogen) atoms. The van der Waals surface area contributed by atoms with Gasteiger partial charge in [-0.15, -0.1) is 0 Å². The van der Waals surface area contributed by atoms with Crippen molar-refractivity contribution in [1.29, 1.82) is 0 Å². The largest absolute Gasteiger partial charge is 0.370 e. The monoisotopic (exact) mass is 252 g/mol. The normalized spacial score (nSPS) is 23.8. The Labute approximate surface area is 109 Å². The Morgan fingerprint density at radius 1 is 1.41 bits per heavy atom. The zero-order chi connectivity index (χ0) is 12.6. The van der Waals surface area contributed by atoms with Crippen LogP contribution in [-0.4, -0.2) is 19.1 Å². The summed E-state index contributed by atoms with van der Waals surface area (Å²) in [5.41, 5.74) is 8.99. The minimum absolute atomic E-state index is 0.228. The van der Waals surface area contributed by atoms with E-state index in [1.165, 1.54) is 11.3 Å². The summed E-state index contributed by atoms with van der Waals surface area (Å²) in [5, 5.41) is 0.799. The van der Waals surface area contributed by atoms with Gasteiger partial charge in [0.1, 0.15) is 0 Å². The molecule has 0 saturated carbocycles. The topological polar surface area (TPSA) is 29.3 Å². The predicted molar refractivity (Wildman–Crippen MR) is 74.8 cm³/mol. The van der Waals surface area contributed by atoms with Crippen LogP contribution in [0.1, 0.15) is 25.8 Å². The standard InChI is InChI=1S/C14H21ClN2/c1-10-8-11(15)4-5-12(10)17-7-6-14(2,3)13(16)9-17/h4-5,8,13H,6-7,9,16H2,1-3H3. The van der Waals surface area contributed by atoms with Gasteiger partial charge in [-0.05, 0) is 42.5 Å². The molecule has 1 aliphatic rings. The van der Waals surface area contributed by atoms with Gasteiger partial charge < -0.3 is 10.6 Å². The Kier molecular flexibility index (Phi) is 3.37. The lowest BCUT2D eigenvalue weighted by atomic mass is 9.78. The first-order valence-corrected chi connectivity index (χ1v) is 6.54. The molecule has 1 aliphatic heterocycles. The average molecular weight is 253 g/mol. The Morgan fingerprint density at radius 3 is 2.71 bits per heavy atom. The maximum absolute atomic E-state index is 6.25. The fourth-order valence-corrected chi connectivity index (χ4v) is 2.60. The molecule has 0 spiro atoms. The van der Waals surface area contributed by atoms with Gasteiger partial charge in [0.25, 0.3) is 0 Å². The number of nitrogens with zero attached hydrogens (tertiary/aromatic N) is 1. The maximum atomic E-state index is 6.25. The first-order chi connectivity index (χ1) is 7.90. The molecule has 1 saturated heterocycles. The third kappa shape index (κ3) is 2.58. The highest BCUT2D eigenvalue weighted by atomic mass is 35.5. The smallest absolute Gasteiger partial charge is 0.0410 e. The number of rotatable bonds is 1. The van der Waals surface area contributed by atoms with E-state index in [0.717, 1.165) is 24.5 Å². The molecule has 1 heterocycles. The molecule has 1 fully saturated rings. The van der Waals surface area contributed by atoms with Crippen molar-refractivity contribution in [2.75, 3.05) is 18.0 Å². The van der Waals surface area contributed by atoms with E-state index in [2.05, 4.69) is 31.7 Å². The molecule has 2 rings (SSSR count). The highest BCUT2D eigenvalue weighted by Crippen LogP contribution is 2.33. The fourth-order valence-electron chi connectivity index (χ4n) is 2.38. The Bertz CT molecular complexity index is 415. The first kappa shape index (κ1) is 12.7. The lowest BCUT2D eigenvalue weighted by molar-refractivity contribution is 0.235. The van der Waals surface area contributed by atoms with Crippen molar-refractivity contribution in [1.82, 2.24) is 0 Å². The van der Waals surface area contributed by atoms with Crippen molar-refractivity contribution in [2.45, 2.75) is 33.2 Å². The van der Waals surface area contributed by atoms with Crippen LogP contribution in [0.2, 0.25) is 5.02 Å². The maximum Gasteiger partial charge on any atom is 0.0410 e. The molecule has 1 aromatic carbocycles. The summed E-state index contributed by atoms with van der Waals surface area (Å²) in [6.07, 6.45) is 1.14.